The van der Waals surface area contributed by atoms with Crippen molar-refractivity contribution in [3.8, 4) is 5.75 Å². The first-order chi connectivity index (χ1) is 9.36. The Morgan fingerprint density at radius 1 is 1.00 bits per heavy atom. The van der Waals surface area contributed by atoms with Crippen molar-refractivity contribution in [3.05, 3.63) is 65.0 Å². The van der Waals surface area contributed by atoms with E-state index in [4.69, 9.17) is 4.74 Å². The Balaban J connectivity index is 2.08. The van der Waals surface area contributed by atoms with Crippen molar-refractivity contribution >= 4 is 0 Å². The van der Waals surface area contributed by atoms with Crippen LogP contribution in [-0.2, 0) is 12.8 Å². The minimum Gasteiger partial charge on any atom is -0.489 e. The number of hydrogen-bond acceptors (Lipinski definition) is 1. The van der Waals surface area contributed by atoms with Gasteiger partial charge >= 0.3 is 6.18 Å². The highest BCUT2D eigenvalue weighted by Crippen LogP contribution is 2.32. The Kier molecular flexibility index (Phi) is 3.97. The standard InChI is InChI=1S/C15H12F4O/c1-10-8-12(15(17,18)19)4-7-14(10)20-9-11-2-5-13(16)6-3-11/h2-8H,9H2,1H3. The van der Waals surface area contributed by atoms with Gasteiger partial charge in [-0.05, 0) is 48.4 Å². The molecule has 106 valence electrons. The molecule has 0 aliphatic carbocycles. The molecule has 2 aromatic carbocycles. The lowest BCUT2D eigenvalue weighted by Gasteiger charge is -2.12. The van der Waals surface area contributed by atoms with Crippen LogP contribution in [0.5, 0.6) is 5.75 Å². The Bertz CT molecular complexity index is 588. The molecule has 2 rings (SSSR count). The average molecular weight is 284 g/mol. The minimum absolute atomic E-state index is 0.173. The summed E-state index contributed by atoms with van der Waals surface area (Å²) in [6.45, 7) is 1.72. The van der Waals surface area contributed by atoms with Crippen LogP contribution in [0.1, 0.15) is 16.7 Å². The molecule has 5 heteroatoms. The molecular formula is C15H12F4O. The van der Waals surface area contributed by atoms with Crippen LogP contribution in [0.25, 0.3) is 0 Å². The second kappa shape index (κ2) is 5.53. The number of halogens is 4. The van der Waals surface area contributed by atoms with E-state index in [1.165, 1.54) is 18.2 Å². The molecule has 0 saturated heterocycles. The highest BCUT2D eigenvalue weighted by molar-refractivity contribution is 5.37. The Hall–Kier alpha value is -2.04. The van der Waals surface area contributed by atoms with Crippen molar-refractivity contribution in [2.45, 2.75) is 19.7 Å². The average Bonchev–Trinajstić information content (AvgIpc) is 2.38. The van der Waals surface area contributed by atoms with E-state index < -0.39 is 11.7 Å². The molecular weight excluding hydrogens is 272 g/mol. The fourth-order valence-corrected chi connectivity index (χ4v) is 1.73. The fourth-order valence-electron chi connectivity index (χ4n) is 1.73. The van der Waals surface area contributed by atoms with Crippen molar-refractivity contribution in [1.29, 1.82) is 0 Å². The number of aryl methyl sites for hydroxylation is 1. The topological polar surface area (TPSA) is 9.23 Å². The largest absolute Gasteiger partial charge is 0.489 e. The lowest BCUT2D eigenvalue weighted by molar-refractivity contribution is -0.137. The molecule has 0 spiro atoms. The number of benzene rings is 2. The van der Waals surface area contributed by atoms with Crippen LogP contribution in [0.2, 0.25) is 0 Å². The Morgan fingerprint density at radius 2 is 1.65 bits per heavy atom. The summed E-state index contributed by atoms with van der Waals surface area (Å²) in [5.41, 5.74) is 0.441. The molecule has 0 aliphatic heterocycles. The van der Waals surface area contributed by atoms with Crippen LogP contribution in [0.15, 0.2) is 42.5 Å². The Morgan fingerprint density at radius 3 is 2.20 bits per heavy atom. The van der Waals surface area contributed by atoms with Crippen LogP contribution >= 0.6 is 0 Å². The summed E-state index contributed by atoms with van der Waals surface area (Å²) in [5.74, 6) is 0.0294. The smallest absolute Gasteiger partial charge is 0.416 e. The van der Waals surface area contributed by atoms with Crippen molar-refractivity contribution in [2.75, 3.05) is 0 Å². The lowest BCUT2D eigenvalue weighted by Crippen LogP contribution is -2.06. The van der Waals surface area contributed by atoms with Gasteiger partial charge in [0, 0.05) is 0 Å². The summed E-state index contributed by atoms with van der Waals surface area (Å²) in [5, 5.41) is 0. The van der Waals surface area contributed by atoms with Gasteiger partial charge in [-0.15, -0.1) is 0 Å². The predicted molar refractivity (Wildman–Crippen MR) is 66.9 cm³/mol. The highest BCUT2D eigenvalue weighted by atomic mass is 19.4. The molecule has 0 aromatic heterocycles. The third-order valence-electron chi connectivity index (χ3n) is 2.81. The highest BCUT2D eigenvalue weighted by Gasteiger charge is 2.30. The molecule has 0 N–H and O–H groups in total. The minimum atomic E-state index is -4.36. The molecule has 0 aliphatic rings. The van der Waals surface area contributed by atoms with Gasteiger partial charge in [-0.3, -0.25) is 0 Å². The van der Waals surface area contributed by atoms with Gasteiger partial charge in [-0.2, -0.15) is 13.2 Å². The molecule has 0 bridgehead atoms. The molecule has 1 nitrogen and oxygen atoms in total. The predicted octanol–water partition coefficient (Wildman–Crippen LogP) is 4.73. The molecule has 20 heavy (non-hydrogen) atoms. The molecule has 0 radical (unpaired) electrons. The van der Waals surface area contributed by atoms with E-state index >= 15 is 0 Å². The molecule has 0 saturated carbocycles. The second-order valence-electron chi connectivity index (χ2n) is 4.39. The van der Waals surface area contributed by atoms with E-state index in [1.54, 1.807) is 19.1 Å². The van der Waals surface area contributed by atoms with E-state index in [9.17, 15) is 17.6 Å². The zero-order valence-corrected chi connectivity index (χ0v) is 10.7. The first kappa shape index (κ1) is 14.4. The third-order valence-corrected chi connectivity index (χ3v) is 2.81. The first-order valence-electron chi connectivity index (χ1n) is 5.91. The van der Waals surface area contributed by atoms with E-state index in [0.717, 1.165) is 17.7 Å². The lowest BCUT2D eigenvalue weighted by atomic mass is 10.1. The molecule has 2 aromatic rings. The molecule has 0 fully saturated rings. The van der Waals surface area contributed by atoms with E-state index in [-0.39, 0.29) is 12.4 Å². The third kappa shape index (κ3) is 3.50. The number of rotatable bonds is 3. The number of ether oxygens (including phenoxy) is 1. The monoisotopic (exact) mass is 284 g/mol. The summed E-state index contributed by atoms with van der Waals surface area (Å²) < 4.78 is 55.7. The summed E-state index contributed by atoms with van der Waals surface area (Å²) >= 11 is 0. The van der Waals surface area contributed by atoms with Crippen molar-refractivity contribution in [3.63, 3.8) is 0 Å². The summed E-state index contributed by atoms with van der Waals surface area (Å²) in [7, 11) is 0. The second-order valence-corrected chi connectivity index (χ2v) is 4.39. The van der Waals surface area contributed by atoms with Gasteiger partial charge in [0.05, 0.1) is 5.56 Å². The maximum absolute atomic E-state index is 12.7. The number of alkyl halides is 3. The van der Waals surface area contributed by atoms with Gasteiger partial charge in [0.25, 0.3) is 0 Å². The van der Waals surface area contributed by atoms with Crippen molar-refractivity contribution in [2.24, 2.45) is 0 Å². The van der Waals surface area contributed by atoms with Crippen LogP contribution < -0.4 is 4.74 Å². The van der Waals surface area contributed by atoms with Gasteiger partial charge in [-0.25, -0.2) is 4.39 Å². The van der Waals surface area contributed by atoms with Crippen LogP contribution in [0, 0.1) is 12.7 Å². The van der Waals surface area contributed by atoms with E-state index in [1.807, 2.05) is 0 Å². The SMILES string of the molecule is Cc1cc(C(F)(F)F)ccc1OCc1ccc(F)cc1. The van der Waals surface area contributed by atoms with Gasteiger partial charge in [-0.1, -0.05) is 12.1 Å². The van der Waals surface area contributed by atoms with Gasteiger partial charge in [0.2, 0.25) is 0 Å². The molecule has 0 unspecified atom stereocenters. The van der Waals surface area contributed by atoms with Crippen molar-refractivity contribution < 1.29 is 22.3 Å². The quantitative estimate of drug-likeness (QED) is 0.740. The van der Waals surface area contributed by atoms with Crippen molar-refractivity contribution in [1.82, 2.24) is 0 Å². The summed E-state index contributed by atoms with van der Waals surface area (Å²) in [4.78, 5) is 0. The maximum Gasteiger partial charge on any atom is 0.416 e. The first-order valence-corrected chi connectivity index (χ1v) is 5.91. The summed E-state index contributed by atoms with van der Waals surface area (Å²) in [6.07, 6.45) is -4.36. The van der Waals surface area contributed by atoms with E-state index in [0.29, 0.717) is 11.3 Å². The van der Waals surface area contributed by atoms with E-state index in [2.05, 4.69) is 0 Å². The Labute approximate surface area is 113 Å². The normalized spacial score (nSPS) is 11.4. The van der Waals surface area contributed by atoms with Crippen LogP contribution in [-0.4, -0.2) is 0 Å². The van der Waals surface area contributed by atoms with Gasteiger partial charge in [0.1, 0.15) is 18.2 Å². The number of hydrogen-bond donors (Lipinski definition) is 0. The fraction of sp³-hybridized carbons (Fsp3) is 0.200. The van der Waals surface area contributed by atoms with Crippen LogP contribution in [0.4, 0.5) is 17.6 Å². The zero-order valence-electron chi connectivity index (χ0n) is 10.7. The maximum atomic E-state index is 12.7. The molecule has 0 atom stereocenters. The zero-order chi connectivity index (χ0) is 14.8. The molecule has 0 amide bonds. The van der Waals surface area contributed by atoms with Crippen LogP contribution in [0.3, 0.4) is 0 Å². The summed E-state index contributed by atoms with van der Waals surface area (Å²) in [6, 6.07) is 9.05. The van der Waals surface area contributed by atoms with Gasteiger partial charge < -0.3 is 4.74 Å². The van der Waals surface area contributed by atoms with Gasteiger partial charge in [0.15, 0.2) is 0 Å². The molecule has 0 heterocycles.